The molecule has 0 saturated heterocycles. The summed E-state index contributed by atoms with van der Waals surface area (Å²) in [6.45, 7) is 6.29. The second-order valence-corrected chi connectivity index (χ2v) is 7.27. The number of phenolic OH excluding ortho intramolecular Hbond substituents is 1. The van der Waals surface area contributed by atoms with Gasteiger partial charge in [0.2, 0.25) is 0 Å². The molecule has 27 heavy (non-hydrogen) atoms. The number of rotatable bonds is 3. The number of Topliss-reactive ketones (excluding diaryl/α,β-unsaturated/α-hetero) is 1. The summed E-state index contributed by atoms with van der Waals surface area (Å²) < 4.78 is 5.16. The van der Waals surface area contributed by atoms with E-state index < -0.39 is 0 Å². The Hall–Kier alpha value is -2.81. The van der Waals surface area contributed by atoms with Crippen LogP contribution in [0.4, 0.5) is 0 Å². The lowest BCUT2D eigenvalue weighted by atomic mass is 9.85. The minimum atomic E-state index is 0.0977. The molecule has 0 atom stereocenters. The molecule has 140 valence electrons. The third-order valence-corrected chi connectivity index (χ3v) is 5.08. The van der Waals surface area contributed by atoms with Crippen molar-refractivity contribution in [2.75, 3.05) is 7.11 Å². The fraction of sp³-hybridized carbons (Fsp3) is 0.292. The van der Waals surface area contributed by atoms with Crippen molar-refractivity contribution in [2.45, 2.75) is 40.0 Å². The van der Waals surface area contributed by atoms with Crippen LogP contribution in [0.15, 0.2) is 41.5 Å². The number of ether oxygens (including phenoxy) is 1. The molecule has 0 radical (unpaired) electrons. The number of ketones is 1. The van der Waals surface area contributed by atoms with Crippen LogP contribution < -0.4 is 4.74 Å². The predicted molar refractivity (Wildman–Crippen MR) is 110 cm³/mol. The van der Waals surface area contributed by atoms with Gasteiger partial charge in [0.15, 0.2) is 17.3 Å². The van der Waals surface area contributed by atoms with Crippen molar-refractivity contribution in [3.63, 3.8) is 0 Å². The van der Waals surface area contributed by atoms with Crippen LogP contribution in [-0.4, -0.2) is 18.0 Å². The lowest BCUT2D eigenvalue weighted by molar-refractivity contribution is -0.112. The van der Waals surface area contributed by atoms with Crippen molar-refractivity contribution in [2.24, 2.45) is 0 Å². The predicted octanol–water partition coefficient (Wildman–Crippen LogP) is 5.55. The average Bonchev–Trinajstić information content (AvgIpc) is 2.62. The maximum atomic E-state index is 13.0. The molecule has 1 aliphatic rings. The molecule has 1 fully saturated rings. The fourth-order valence-electron chi connectivity index (χ4n) is 3.76. The number of aromatic hydroxyl groups is 1. The van der Waals surface area contributed by atoms with E-state index in [0.717, 1.165) is 41.5 Å². The molecule has 0 aromatic heterocycles. The third kappa shape index (κ3) is 4.13. The highest BCUT2D eigenvalue weighted by Crippen LogP contribution is 2.32. The molecule has 0 unspecified atom stereocenters. The summed E-state index contributed by atoms with van der Waals surface area (Å²) in [5, 5.41) is 9.75. The number of benzene rings is 2. The van der Waals surface area contributed by atoms with Crippen molar-refractivity contribution in [3.05, 3.63) is 69.3 Å². The minimum absolute atomic E-state index is 0.0977. The van der Waals surface area contributed by atoms with E-state index >= 15 is 0 Å². The van der Waals surface area contributed by atoms with Gasteiger partial charge >= 0.3 is 0 Å². The number of hydrogen-bond donors (Lipinski definition) is 1. The van der Waals surface area contributed by atoms with Gasteiger partial charge in [0.1, 0.15) is 0 Å². The summed E-state index contributed by atoms with van der Waals surface area (Å²) in [6.07, 6.45) is 6.51. The second kappa shape index (κ2) is 7.83. The lowest BCUT2D eigenvalue weighted by Crippen LogP contribution is -2.12. The summed E-state index contributed by atoms with van der Waals surface area (Å²) in [5.74, 6) is 0.627. The van der Waals surface area contributed by atoms with Gasteiger partial charge in [-0.1, -0.05) is 23.8 Å². The topological polar surface area (TPSA) is 46.5 Å². The van der Waals surface area contributed by atoms with Crippen LogP contribution in [0.3, 0.4) is 0 Å². The Bertz CT molecular complexity index is 925. The van der Waals surface area contributed by atoms with Crippen LogP contribution in [0.1, 0.15) is 47.1 Å². The molecule has 1 N–H and O–H groups in total. The van der Waals surface area contributed by atoms with E-state index in [4.69, 9.17) is 4.74 Å². The third-order valence-electron chi connectivity index (χ3n) is 5.08. The van der Waals surface area contributed by atoms with Crippen LogP contribution in [0, 0.1) is 20.8 Å². The Labute approximate surface area is 161 Å². The van der Waals surface area contributed by atoms with Crippen molar-refractivity contribution in [3.8, 4) is 11.5 Å². The molecule has 1 saturated carbocycles. The first-order valence-corrected chi connectivity index (χ1v) is 9.29. The molecule has 0 spiro atoms. The number of carbonyl (C=O) groups excluding carboxylic acids is 1. The quantitative estimate of drug-likeness (QED) is 0.729. The molecule has 2 aromatic rings. The number of phenols is 1. The van der Waals surface area contributed by atoms with Crippen LogP contribution in [0.2, 0.25) is 0 Å². The first-order valence-electron chi connectivity index (χ1n) is 9.29. The summed E-state index contributed by atoms with van der Waals surface area (Å²) in [4.78, 5) is 13.0. The van der Waals surface area contributed by atoms with Gasteiger partial charge < -0.3 is 9.84 Å². The normalized spacial score (nSPS) is 17.6. The number of allylic oxidation sites excluding steroid dienone is 2. The summed E-state index contributed by atoms with van der Waals surface area (Å²) in [6, 6.07) is 9.46. The highest BCUT2D eigenvalue weighted by atomic mass is 16.5. The first kappa shape index (κ1) is 19.0. The van der Waals surface area contributed by atoms with E-state index in [1.165, 1.54) is 23.8 Å². The highest BCUT2D eigenvalue weighted by molar-refractivity contribution is 6.14. The maximum absolute atomic E-state index is 13.0. The molecule has 0 heterocycles. The van der Waals surface area contributed by atoms with Crippen molar-refractivity contribution >= 4 is 17.9 Å². The van der Waals surface area contributed by atoms with Crippen molar-refractivity contribution < 1.29 is 14.6 Å². The van der Waals surface area contributed by atoms with Gasteiger partial charge in [-0.15, -0.1) is 0 Å². The summed E-state index contributed by atoms with van der Waals surface area (Å²) in [5.41, 5.74) is 7.33. The Morgan fingerprint density at radius 3 is 2.22 bits per heavy atom. The Balaban J connectivity index is 1.95. The monoisotopic (exact) mass is 362 g/mol. The fourth-order valence-corrected chi connectivity index (χ4v) is 3.76. The van der Waals surface area contributed by atoms with E-state index in [1.807, 2.05) is 6.08 Å². The number of carbonyl (C=O) groups is 1. The Morgan fingerprint density at radius 1 is 0.963 bits per heavy atom. The molecule has 2 aromatic carbocycles. The van der Waals surface area contributed by atoms with Gasteiger partial charge in [-0.05, 0) is 86.6 Å². The largest absolute Gasteiger partial charge is 0.504 e. The lowest BCUT2D eigenvalue weighted by Gasteiger charge is -2.18. The van der Waals surface area contributed by atoms with Gasteiger partial charge in [-0.3, -0.25) is 4.79 Å². The SMILES string of the molecule is COc1cc(/C=C2\CCC/C(=C\c3c(C)cc(C)cc3C)C2=O)ccc1O. The van der Waals surface area contributed by atoms with Gasteiger partial charge in [0.25, 0.3) is 0 Å². The molecule has 0 amide bonds. The molecular formula is C24H26O3. The van der Waals surface area contributed by atoms with Gasteiger partial charge in [0, 0.05) is 11.1 Å². The zero-order chi connectivity index (χ0) is 19.6. The molecule has 3 rings (SSSR count). The smallest absolute Gasteiger partial charge is 0.185 e. The van der Waals surface area contributed by atoms with E-state index in [1.54, 1.807) is 18.2 Å². The van der Waals surface area contributed by atoms with Crippen LogP contribution in [0.25, 0.3) is 12.2 Å². The Kier molecular flexibility index (Phi) is 5.50. The highest BCUT2D eigenvalue weighted by Gasteiger charge is 2.21. The van der Waals surface area contributed by atoms with Gasteiger partial charge in [-0.25, -0.2) is 0 Å². The minimum Gasteiger partial charge on any atom is -0.504 e. The van der Waals surface area contributed by atoms with E-state index in [0.29, 0.717) is 5.75 Å². The van der Waals surface area contributed by atoms with Crippen molar-refractivity contribution in [1.82, 2.24) is 0 Å². The Morgan fingerprint density at radius 2 is 1.59 bits per heavy atom. The average molecular weight is 362 g/mol. The molecule has 0 bridgehead atoms. The number of methoxy groups -OCH3 is 1. The molecule has 3 nitrogen and oxygen atoms in total. The maximum Gasteiger partial charge on any atom is 0.185 e. The summed E-state index contributed by atoms with van der Waals surface area (Å²) >= 11 is 0. The second-order valence-electron chi connectivity index (χ2n) is 7.27. The van der Waals surface area contributed by atoms with Gasteiger partial charge in [0.05, 0.1) is 7.11 Å². The number of aryl methyl sites for hydroxylation is 3. The van der Waals surface area contributed by atoms with Gasteiger partial charge in [-0.2, -0.15) is 0 Å². The molecule has 1 aliphatic carbocycles. The first-order chi connectivity index (χ1) is 12.9. The van der Waals surface area contributed by atoms with E-state index in [2.05, 4.69) is 39.0 Å². The summed E-state index contributed by atoms with van der Waals surface area (Å²) in [7, 11) is 1.52. The molecule has 0 aliphatic heterocycles. The standard InChI is InChI=1S/C24H26O3/c1-15-10-16(2)21(17(3)11-15)14-20-7-5-6-19(24(20)26)12-18-8-9-22(25)23(13-18)27-4/h8-14,25H,5-7H2,1-4H3/b19-12+,20-14+. The van der Waals surface area contributed by atoms with Crippen molar-refractivity contribution in [1.29, 1.82) is 0 Å². The van der Waals surface area contributed by atoms with Crippen LogP contribution in [0.5, 0.6) is 11.5 Å². The van der Waals surface area contributed by atoms with E-state index in [-0.39, 0.29) is 11.5 Å². The molecular weight excluding hydrogens is 336 g/mol. The van der Waals surface area contributed by atoms with Crippen LogP contribution in [-0.2, 0) is 4.79 Å². The number of hydrogen-bond acceptors (Lipinski definition) is 3. The molecule has 3 heteroatoms. The zero-order valence-corrected chi connectivity index (χ0v) is 16.4. The zero-order valence-electron chi connectivity index (χ0n) is 16.4. The van der Waals surface area contributed by atoms with E-state index in [9.17, 15) is 9.90 Å². The van der Waals surface area contributed by atoms with Crippen LogP contribution >= 0.6 is 0 Å².